The zero-order valence-corrected chi connectivity index (χ0v) is 20.9. The molecule has 1 aliphatic heterocycles. The summed E-state index contributed by atoms with van der Waals surface area (Å²) in [5.74, 6) is -1.28. The van der Waals surface area contributed by atoms with Crippen LogP contribution in [0.4, 0.5) is 20.3 Å². The number of pyridine rings is 1. The summed E-state index contributed by atoms with van der Waals surface area (Å²) in [6.45, 7) is 4.61. The van der Waals surface area contributed by atoms with Crippen molar-refractivity contribution in [3.63, 3.8) is 0 Å². The Labute approximate surface area is 212 Å². The standard InChI is InChI=1S/C25H24F2N6O3S/c1-15-12-28-7-8-33(15)24-19-9-16(3-5-21(19)30-14-31-24)17-10-22(25(36-2)29-13-17)32-37(34,35)23-6-4-18(26)11-20(23)27/h3-6,9-11,13-15,28,32H,7-8,12H2,1-2H3/t15-/m0/s1. The molecule has 37 heavy (non-hydrogen) atoms. The zero-order chi connectivity index (χ0) is 26.2. The molecule has 0 aliphatic carbocycles. The Bertz CT molecular complexity index is 1580. The number of nitrogens with one attached hydrogen (secondary N) is 2. The van der Waals surface area contributed by atoms with Gasteiger partial charge in [-0.05, 0) is 42.8 Å². The molecule has 2 aromatic heterocycles. The van der Waals surface area contributed by atoms with Crippen molar-refractivity contribution in [1.82, 2.24) is 20.3 Å². The molecule has 0 saturated carbocycles. The number of methoxy groups -OCH3 is 1. The maximum atomic E-state index is 14.2. The van der Waals surface area contributed by atoms with Crippen LogP contribution in [0.25, 0.3) is 22.0 Å². The number of fused-ring (bicyclic) bond motifs is 1. The summed E-state index contributed by atoms with van der Waals surface area (Å²) in [5.41, 5.74) is 2.11. The third kappa shape index (κ3) is 4.89. The van der Waals surface area contributed by atoms with Crippen molar-refractivity contribution in [2.75, 3.05) is 36.4 Å². The summed E-state index contributed by atoms with van der Waals surface area (Å²) in [4.78, 5) is 14.7. The molecule has 1 aliphatic rings. The minimum atomic E-state index is -4.40. The topological polar surface area (TPSA) is 109 Å². The largest absolute Gasteiger partial charge is 0.480 e. The van der Waals surface area contributed by atoms with Crippen LogP contribution in [0.15, 0.2) is 59.9 Å². The molecule has 9 nitrogen and oxygen atoms in total. The number of hydrogen-bond acceptors (Lipinski definition) is 8. The predicted octanol–water partition coefficient (Wildman–Crippen LogP) is 3.58. The van der Waals surface area contributed by atoms with Crippen molar-refractivity contribution in [3.8, 4) is 17.0 Å². The fraction of sp³-hybridized carbons (Fsp3) is 0.240. The van der Waals surface area contributed by atoms with Crippen LogP contribution in [0.1, 0.15) is 6.92 Å². The lowest BCUT2D eigenvalue weighted by atomic mass is 10.0. The smallest absolute Gasteiger partial charge is 0.264 e. The van der Waals surface area contributed by atoms with E-state index in [1.54, 1.807) is 18.6 Å². The molecule has 192 valence electrons. The first-order chi connectivity index (χ1) is 17.8. The minimum absolute atomic E-state index is 0.00378. The van der Waals surface area contributed by atoms with E-state index in [9.17, 15) is 17.2 Å². The van der Waals surface area contributed by atoms with E-state index in [1.165, 1.54) is 7.11 Å². The van der Waals surface area contributed by atoms with Gasteiger partial charge < -0.3 is 15.0 Å². The van der Waals surface area contributed by atoms with Crippen molar-refractivity contribution in [2.45, 2.75) is 17.9 Å². The monoisotopic (exact) mass is 526 g/mol. The van der Waals surface area contributed by atoms with E-state index >= 15 is 0 Å². The Balaban J connectivity index is 1.55. The van der Waals surface area contributed by atoms with Gasteiger partial charge in [0.25, 0.3) is 10.0 Å². The second kappa shape index (κ2) is 9.87. The van der Waals surface area contributed by atoms with Crippen LogP contribution >= 0.6 is 0 Å². The van der Waals surface area contributed by atoms with E-state index in [2.05, 4.69) is 36.8 Å². The third-order valence-corrected chi connectivity index (χ3v) is 7.59. The van der Waals surface area contributed by atoms with E-state index in [0.29, 0.717) is 11.6 Å². The fourth-order valence-corrected chi connectivity index (χ4v) is 5.45. The van der Waals surface area contributed by atoms with Gasteiger partial charge in [-0.25, -0.2) is 32.2 Å². The fourth-order valence-electron chi connectivity index (χ4n) is 4.35. The lowest BCUT2D eigenvalue weighted by Gasteiger charge is -2.35. The Morgan fingerprint density at radius 2 is 1.92 bits per heavy atom. The van der Waals surface area contributed by atoms with Gasteiger partial charge in [0, 0.05) is 48.9 Å². The van der Waals surface area contributed by atoms with Gasteiger partial charge >= 0.3 is 0 Å². The van der Waals surface area contributed by atoms with Gasteiger partial charge in [0.1, 0.15) is 34.4 Å². The SMILES string of the molecule is COc1ncc(-c2ccc3ncnc(N4CCNC[C@@H]4C)c3c2)cc1NS(=O)(=O)c1ccc(F)cc1F. The lowest BCUT2D eigenvalue weighted by Crippen LogP contribution is -2.50. The van der Waals surface area contributed by atoms with Crippen molar-refractivity contribution in [3.05, 3.63) is 66.6 Å². The van der Waals surface area contributed by atoms with Crippen LogP contribution in [-0.4, -0.2) is 56.2 Å². The van der Waals surface area contributed by atoms with Crippen molar-refractivity contribution in [1.29, 1.82) is 0 Å². The molecule has 0 spiro atoms. The Hall–Kier alpha value is -3.90. The van der Waals surface area contributed by atoms with Crippen LogP contribution in [0.3, 0.4) is 0 Å². The molecule has 4 aromatic rings. The van der Waals surface area contributed by atoms with Gasteiger partial charge in [-0.1, -0.05) is 6.07 Å². The highest BCUT2D eigenvalue weighted by Gasteiger charge is 2.24. The Morgan fingerprint density at radius 1 is 1.08 bits per heavy atom. The summed E-state index contributed by atoms with van der Waals surface area (Å²) < 4.78 is 60.8. The van der Waals surface area contributed by atoms with Gasteiger partial charge in [-0.15, -0.1) is 0 Å². The molecule has 1 atom stereocenters. The first kappa shape index (κ1) is 24.8. The molecule has 1 fully saturated rings. The quantitative estimate of drug-likeness (QED) is 0.393. The molecule has 0 amide bonds. The molecular formula is C25H24F2N6O3S. The van der Waals surface area contributed by atoms with Gasteiger partial charge in [0.15, 0.2) is 0 Å². The number of piperazine rings is 1. The van der Waals surface area contributed by atoms with Crippen molar-refractivity contribution >= 4 is 32.4 Å². The molecule has 0 bridgehead atoms. The summed E-state index contributed by atoms with van der Waals surface area (Å²) in [6.07, 6.45) is 3.09. The number of ether oxygens (including phenoxy) is 1. The van der Waals surface area contributed by atoms with Crippen molar-refractivity contribution in [2.24, 2.45) is 0 Å². The first-order valence-corrected chi connectivity index (χ1v) is 13.0. The van der Waals surface area contributed by atoms with E-state index in [4.69, 9.17) is 4.74 Å². The van der Waals surface area contributed by atoms with Crippen LogP contribution in [0.5, 0.6) is 5.88 Å². The molecule has 0 unspecified atom stereocenters. The number of benzene rings is 2. The van der Waals surface area contributed by atoms with E-state index in [0.717, 1.165) is 54.1 Å². The molecule has 5 rings (SSSR count). The number of aromatic nitrogens is 3. The van der Waals surface area contributed by atoms with E-state index in [1.807, 2.05) is 18.2 Å². The molecule has 2 aromatic carbocycles. The number of halogens is 2. The highest BCUT2D eigenvalue weighted by atomic mass is 32.2. The van der Waals surface area contributed by atoms with E-state index in [-0.39, 0.29) is 17.6 Å². The second-order valence-corrected chi connectivity index (χ2v) is 10.3. The highest BCUT2D eigenvalue weighted by molar-refractivity contribution is 7.92. The number of anilines is 2. The van der Waals surface area contributed by atoms with Gasteiger partial charge in [0.05, 0.1) is 12.6 Å². The number of sulfonamides is 1. The second-order valence-electron chi connectivity index (χ2n) is 8.64. The molecule has 12 heteroatoms. The third-order valence-electron chi connectivity index (χ3n) is 6.19. The summed E-state index contributed by atoms with van der Waals surface area (Å²) in [7, 11) is -3.06. The summed E-state index contributed by atoms with van der Waals surface area (Å²) in [5, 5.41) is 4.22. The lowest BCUT2D eigenvalue weighted by molar-refractivity contribution is 0.400. The average molecular weight is 527 g/mol. The predicted molar refractivity (Wildman–Crippen MR) is 136 cm³/mol. The summed E-state index contributed by atoms with van der Waals surface area (Å²) >= 11 is 0. The Morgan fingerprint density at radius 3 is 2.68 bits per heavy atom. The van der Waals surface area contributed by atoms with Crippen LogP contribution < -0.4 is 19.7 Å². The minimum Gasteiger partial charge on any atom is -0.480 e. The first-order valence-electron chi connectivity index (χ1n) is 11.5. The number of nitrogens with zero attached hydrogens (tertiary/aromatic N) is 4. The van der Waals surface area contributed by atoms with Crippen molar-refractivity contribution < 1.29 is 21.9 Å². The zero-order valence-electron chi connectivity index (χ0n) is 20.1. The molecule has 2 N–H and O–H groups in total. The number of hydrogen-bond donors (Lipinski definition) is 2. The van der Waals surface area contributed by atoms with Gasteiger partial charge in [-0.2, -0.15) is 0 Å². The van der Waals surface area contributed by atoms with Crippen LogP contribution in [0, 0.1) is 11.6 Å². The van der Waals surface area contributed by atoms with E-state index < -0.39 is 26.6 Å². The molecule has 0 radical (unpaired) electrons. The van der Waals surface area contributed by atoms with Gasteiger partial charge in [0.2, 0.25) is 5.88 Å². The summed E-state index contributed by atoms with van der Waals surface area (Å²) in [6, 6.07) is 9.67. The van der Waals surface area contributed by atoms with Crippen LogP contribution in [0.2, 0.25) is 0 Å². The van der Waals surface area contributed by atoms with Crippen LogP contribution in [-0.2, 0) is 10.0 Å². The molecular weight excluding hydrogens is 502 g/mol. The molecule has 1 saturated heterocycles. The normalized spacial score (nSPS) is 16.1. The maximum Gasteiger partial charge on any atom is 0.264 e. The maximum absolute atomic E-state index is 14.2. The highest BCUT2D eigenvalue weighted by Crippen LogP contribution is 2.34. The van der Waals surface area contributed by atoms with Gasteiger partial charge in [-0.3, -0.25) is 4.72 Å². The molecule has 3 heterocycles. The average Bonchev–Trinajstić information content (AvgIpc) is 2.88. The number of rotatable bonds is 6. The Kier molecular flexibility index (Phi) is 6.61.